The summed E-state index contributed by atoms with van der Waals surface area (Å²) in [4.78, 5) is 32.5. The summed E-state index contributed by atoms with van der Waals surface area (Å²) in [7, 11) is 1.32. The quantitative estimate of drug-likeness (QED) is 0.597. The van der Waals surface area contributed by atoms with E-state index in [2.05, 4.69) is 24.8 Å². The van der Waals surface area contributed by atoms with Gasteiger partial charge >= 0.3 is 5.97 Å². The molecule has 0 saturated carbocycles. The molecule has 0 unspecified atom stereocenters. The molecule has 2 heterocycles. The number of benzene rings is 2. The first kappa shape index (κ1) is 21.5. The molecule has 3 aromatic rings. The predicted molar refractivity (Wildman–Crippen MR) is 119 cm³/mol. The number of piperazine rings is 1. The summed E-state index contributed by atoms with van der Waals surface area (Å²) in [6, 6.07) is 13.2. The number of hydrogen-bond acceptors (Lipinski definition) is 6. The van der Waals surface area contributed by atoms with Crippen LogP contribution < -0.4 is 10.2 Å². The highest BCUT2D eigenvalue weighted by Gasteiger charge is 2.23. The van der Waals surface area contributed by atoms with Crippen molar-refractivity contribution in [1.82, 2.24) is 14.5 Å². The SMILES string of the molecule is COC(=O)c1ccc(NC(=O)CN2CCN(c3nccn3-c3ccccc3F)CC2)cc1. The number of halogens is 1. The molecule has 1 saturated heterocycles. The molecule has 0 spiro atoms. The molecule has 9 heteroatoms. The molecule has 32 heavy (non-hydrogen) atoms. The second-order valence-electron chi connectivity index (χ2n) is 7.43. The molecule has 0 bridgehead atoms. The van der Waals surface area contributed by atoms with Gasteiger partial charge in [0.25, 0.3) is 0 Å². The van der Waals surface area contributed by atoms with Crippen molar-refractivity contribution in [3.63, 3.8) is 0 Å². The lowest BCUT2D eigenvalue weighted by Gasteiger charge is -2.35. The Morgan fingerprint density at radius 1 is 1.06 bits per heavy atom. The molecule has 1 aliphatic rings. The van der Waals surface area contributed by atoms with Crippen LogP contribution in [0.3, 0.4) is 0 Å². The molecule has 2 aromatic carbocycles. The fourth-order valence-electron chi connectivity index (χ4n) is 3.68. The number of carbonyl (C=O) groups is 2. The molecule has 1 amide bonds. The number of hydrogen-bond donors (Lipinski definition) is 1. The van der Waals surface area contributed by atoms with E-state index in [-0.39, 0.29) is 18.3 Å². The van der Waals surface area contributed by atoms with Crippen LogP contribution in [0.2, 0.25) is 0 Å². The highest BCUT2D eigenvalue weighted by molar-refractivity contribution is 5.94. The van der Waals surface area contributed by atoms with E-state index in [9.17, 15) is 14.0 Å². The number of ether oxygens (including phenoxy) is 1. The molecule has 0 aliphatic carbocycles. The van der Waals surface area contributed by atoms with Gasteiger partial charge in [0.05, 0.1) is 24.9 Å². The number of carbonyl (C=O) groups excluding carboxylic acids is 2. The maximum Gasteiger partial charge on any atom is 0.337 e. The summed E-state index contributed by atoms with van der Waals surface area (Å²) in [6.07, 6.45) is 3.41. The summed E-state index contributed by atoms with van der Waals surface area (Å²) in [5.74, 6) is -0.167. The molecular formula is C23H24FN5O3. The Balaban J connectivity index is 1.31. The smallest absolute Gasteiger partial charge is 0.337 e. The van der Waals surface area contributed by atoms with Gasteiger partial charge in [0.2, 0.25) is 11.9 Å². The Kier molecular flexibility index (Phi) is 6.46. The lowest BCUT2D eigenvalue weighted by atomic mass is 10.2. The van der Waals surface area contributed by atoms with E-state index >= 15 is 0 Å². The van der Waals surface area contributed by atoms with Gasteiger partial charge in [-0.3, -0.25) is 14.3 Å². The summed E-state index contributed by atoms with van der Waals surface area (Å²) in [5, 5.41) is 2.84. The standard InChI is InChI=1S/C23H24FN5O3/c1-32-22(31)17-6-8-18(9-7-17)26-21(30)16-27-12-14-28(15-13-27)23-25-10-11-29(23)20-5-3-2-4-19(20)24/h2-11H,12-16H2,1H3,(H,26,30). The van der Waals surface area contributed by atoms with E-state index in [0.29, 0.717) is 49.1 Å². The fourth-order valence-corrected chi connectivity index (χ4v) is 3.68. The third-order valence-electron chi connectivity index (χ3n) is 5.35. The molecule has 1 N–H and O–H groups in total. The van der Waals surface area contributed by atoms with Crippen molar-refractivity contribution >= 4 is 23.5 Å². The zero-order valence-corrected chi connectivity index (χ0v) is 17.7. The number of esters is 1. The van der Waals surface area contributed by atoms with E-state index in [0.717, 1.165) is 0 Å². The molecular weight excluding hydrogens is 413 g/mol. The first-order chi connectivity index (χ1) is 15.5. The monoisotopic (exact) mass is 437 g/mol. The predicted octanol–water partition coefficient (Wildman–Crippen LogP) is 2.56. The van der Waals surface area contributed by atoms with E-state index < -0.39 is 5.97 Å². The third-order valence-corrected chi connectivity index (χ3v) is 5.35. The van der Waals surface area contributed by atoms with Crippen molar-refractivity contribution in [1.29, 1.82) is 0 Å². The number of aromatic nitrogens is 2. The van der Waals surface area contributed by atoms with Crippen LogP contribution in [-0.2, 0) is 9.53 Å². The van der Waals surface area contributed by atoms with Crippen LogP contribution in [0.25, 0.3) is 5.69 Å². The van der Waals surface area contributed by atoms with Crippen LogP contribution in [0.4, 0.5) is 16.0 Å². The van der Waals surface area contributed by atoms with E-state index in [1.807, 2.05) is 0 Å². The normalized spacial score (nSPS) is 14.2. The largest absolute Gasteiger partial charge is 0.465 e. The summed E-state index contributed by atoms with van der Waals surface area (Å²) >= 11 is 0. The van der Waals surface area contributed by atoms with Crippen LogP contribution in [0, 0.1) is 5.82 Å². The third kappa shape index (κ3) is 4.78. The van der Waals surface area contributed by atoms with Gasteiger partial charge in [-0.05, 0) is 36.4 Å². The number of amides is 1. The molecule has 1 fully saturated rings. The zero-order chi connectivity index (χ0) is 22.5. The summed E-state index contributed by atoms with van der Waals surface area (Å²) in [5.41, 5.74) is 1.50. The van der Waals surface area contributed by atoms with Crippen LogP contribution in [-0.4, -0.2) is 66.2 Å². The van der Waals surface area contributed by atoms with Crippen molar-refractivity contribution in [3.8, 4) is 5.69 Å². The fraction of sp³-hybridized carbons (Fsp3) is 0.261. The molecule has 0 atom stereocenters. The maximum absolute atomic E-state index is 14.2. The lowest BCUT2D eigenvalue weighted by molar-refractivity contribution is -0.117. The lowest BCUT2D eigenvalue weighted by Crippen LogP contribution is -2.49. The van der Waals surface area contributed by atoms with Crippen LogP contribution >= 0.6 is 0 Å². The van der Waals surface area contributed by atoms with Gasteiger partial charge in [0.15, 0.2) is 0 Å². The van der Waals surface area contributed by atoms with Gasteiger partial charge in [-0.1, -0.05) is 12.1 Å². The number of para-hydroxylation sites is 1. The molecule has 8 nitrogen and oxygen atoms in total. The average molecular weight is 437 g/mol. The van der Waals surface area contributed by atoms with E-state index in [4.69, 9.17) is 0 Å². The van der Waals surface area contributed by atoms with Gasteiger partial charge in [0, 0.05) is 44.3 Å². The highest BCUT2D eigenvalue weighted by Crippen LogP contribution is 2.21. The first-order valence-electron chi connectivity index (χ1n) is 10.3. The number of anilines is 2. The van der Waals surface area contributed by atoms with Crippen molar-refractivity contribution in [2.24, 2.45) is 0 Å². The number of imidazole rings is 1. The molecule has 1 aromatic heterocycles. The Labute approximate surface area is 185 Å². The minimum atomic E-state index is -0.420. The van der Waals surface area contributed by atoms with Gasteiger partial charge in [-0.15, -0.1) is 0 Å². The highest BCUT2D eigenvalue weighted by atomic mass is 19.1. The average Bonchev–Trinajstić information content (AvgIpc) is 3.29. The summed E-state index contributed by atoms with van der Waals surface area (Å²) < 4.78 is 20.6. The van der Waals surface area contributed by atoms with Gasteiger partial charge < -0.3 is 15.0 Å². The minimum absolute atomic E-state index is 0.128. The van der Waals surface area contributed by atoms with Crippen molar-refractivity contribution in [3.05, 3.63) is 72.3 Å². The molecule has 1 aliphatic heterocycles. The Hall–Kier alpha value is -3.72. The molecule has 0 radical (unpaired) electrons. The van der Waals surface area contributed by atoms with Crippen LogP contribution in [0.5, 0.6) is 0 Å². The number of nitrogens with one attached hydrogen (secondary N) is 1. The van der Waals surface area contributed by atoms with E-state index in [1.54, 1.807) is 59.4 Å². The Bertz CT molecular complexity index is 1090. The summed E-state index contributed by atoms with van der Waals surface area (Å²) in [6.45, 7) is 2.96. The topological polar surface area (TPSA) is 79.7 Å². The van der Waals surface area contributed by atoms with Crippen LogP contribution in [0.15, 0.2) is 60.9 Å². The van der Waals surface area contributed by atoms with Crippen molar-refractivity contribution in [2.75, 3.05) is 50.1 Å². The van der Waals surface area contributed by atoms with Gasteiger partial charge in [-0.2, -0.15) is 0 Å². The second-order valence-corrected chi connectivity index (χ2v) is 7.43. The first-order valence-corrected chi connectivity index (χ1v) is 10.3. The second kappa shape index (κ2) is 9.61. The zero-order valence-electron chi connectivity index (χ0n) is 17.7. The van der Waals surface area contributed by atoms with Crippen LogP contribution in [0.1, 0.15) is 10.4 Å². The van der Waals surface area contributed by atoms with Crippen molar-refractivity contribution < 1.29 is 18.7 Å². The molecule has 4 rings (SSSR count). The Morgan fingerprint density at radius 2 is 1.78 bits per heavy atom. The Morgan fingerprint density at radius 3 is 2.47 bits per heavy atom. The maximum atomic E-state index is 14.2. The molecule has 166 valence electrons. The van der Waals surface area contributed by atoms with Gasteiger partial charge in [-0.25, -0.2) is 14.2 Å². The number of rotatable bonds is 6. The number of nitrogens with zero attached hydrogens (tertiary/aromatic N) is 4. The number of methoxy groups -OCH3 is 1. The van der Waals surface area contributed by atoms with E-state index in [1.165, 1.54) is 13.2 Å². The minimum Gasteiger partial charge on any atom is -0.465 e. The van der Waals surface area contributed by atoms with Crippen molar-refractivity contribution in [2.45, 2.75) is 0 Å². The van der Waals surface area contributed by atoms with Gasteiger partial charge in [0.1, 0.15) is 5.82 Å².